The summed E-state index contributed by atoms with van der Waals surface area (Å²) in [5, 5.41) is 0.649. The van der Waals surface area contributed by atoms with E-state index in [4.69, 9.17) is 9.15 Å². The van der Waals surface area contributed by atoms with Crippen molar-refractivity contribution in [3.63, 3.8) is 0 Å². The molecule has 1 aromatic heterocycles. The number of hydrogen-bond acceptors (Lipinski definition) is 4. The first-order chi connectivity index (χ1) is 17.8. The van der Waals surface area contributed by atoms with Crippen molar-refractivity contribution in [2.75, 3.05) is 7.05 Å². The number of nitrogens with two attached hydrogens (primary N) is 1. The molecule has 4 nitrogen and oxygen atoms in total. The fourth-order valence-electron chi connectivity index (χ4n) is 5.15. The van der Waals surface area contributed by atoms with E-state index in [0.29, 0.717) is 16.9 Å². The van der Waals surface area contributed by atoms with Gasteiger partial charge in [0.25, 0.3) is 0 Å². The Balaban J connectivity index is 0.00000148. The van der Waals surface area contributed by atoms with Gasteiger partial charge in [-0.1, -0.05) is 79.9 Å². The smallest absolute Gasteiger partial charge is 0.196 e. The molecule has 4 aromatic rings. The molecular weight excluding hydrogens is 446 g/mol. The maximum Gasteiger partial charge on any atom is 0.196 e. The van der Waals surface area contributed by atoms with Crippen LogP contribution >= 0.6 is 0 Å². The van der Waals surface area contributed by atoms with Gasteiger partial charge in [-0.05, 0) is 68.3 Å². The lowest BCUT2D eigenvalue weighted by molar-refractivity contribution is 0.192. The molecule has 1 saturated carbocycles. The topological polar surface area (TPSA) is 65.5 Å². The van der Waals surface area contributed by atoms with Crippen molar-refractivity contribution < 1.29 is 9.15 Å². The Hall–Kier alpha value is -3.37. The van der Waals surface area contributed by atoms with Crippen LogP contribution in [-0.4, -0.2) is 7.05 Å². The molecule has 3 aromatic carbocycles. The summed E-state index contributed by atoms with van der Waals surface area (Å²) in [6, 6.07) is 26.6. The first kappa shape index (κ1) is 25.7. The molecule has 0 saturated heterocycles. The molecule has 1 aliphatic rings. The van der Waals surface area contributed by atoms with Crippen LogP contribution in [0.15, 0.2) is 94.3 Å². The van der Waals surface area contributed by atoms with Crippen LogP contribution in [0.3, 0.4) is 0 Å². The van der Waals surface area contributed by atoms with Gasteiger partial charge in [-0.3, -0.25) is 4.79 Å². The van der Waals surface area contributed by atoms with E-state index in [-0.39, 0.29) is 11.5 Å². The van der Waals surface area contributed by atoms with Crippen LogP contribution < -0.4 is 15.9 Å². The summed E-state index contributed by atoms with van der Waals surface area (Å²) in [6.07, 6.45) is 10.4. The van der Waals surface area contributed by atoms with Gasteiger partial charge in [-0.2, -0.15) is 0 Å². The van der Waals surface area contributed by atoms with Gasteiger partial charge in [0.1, 0.15) is 17.4 Å². The average molecular weight is 484 g/mol. The minimum Gasteiger partial charge on any atom is -0.486 e. The lowest BCUT2D eigenvalue weighted by Gasteiger charge is -2.21. The van der Waals surface area contributed by atoms with Crippen molar-refractivity contribution >= 4 is 11.0 Å². The molecule has 1 aliphatic carbocycles. The summed E-state index contributed by atoms with van der Waals surface area (Å²) in [5.41, 5.74) is 8.55. The summed E-state index contributed by atoms with van der Waals surface area (Å²) in [4.78, 5) is 13.2. The second-order valence-corrected chi connectivity index (χ2v) is 9.41. The molecule has 1 unspecified atom stereocenters. The Labute approximate surface area is 214 Å². The van der Waals surface area contributed by atoms with E-state index in [0.717, 1.165) is 49.0 Å². The van der Waals surface area contributed by atoms with Crippen molar-refractivity contribution in [1.82, 2.24) is 0 Å². The highest BCUT2D eigenvalue weighted by Gasteiger charge is 2.21. The molecular formula is C32H37NO3. The minimum atomic E-state index is -0.0596. The molecule has 4 heteroatoms. The highest BCUT2D eigenvalue weighted by molar-refractivity contribution is 5.78. The lowest BCUT2D eigenvalue weighted by atomic mass is 9.84. The molecule has 0 bridgehead atoms. The fourth-order valence-corrected chi connectivity index (χ4v) is 5.15. The van der Waals surface area contributed by atoms with Crippen LogP contribution in [-0.2, 0) is 6.42 Å². The van der Waals surface area contributed by atoms with Gasteiger partial charge < -0.3 is 14.9 Å². The van der Waals surface area contributed by atoms with Gasteiger partial charge in [0.15, 0.2) is 5.43 Å². The molecule has 36 heavy (non-hydrogen) atoms. The van der Waals surface area contributed by atoms with Crippen LogP contribution in [0.4, 0.5) is 0 Å². The zero-order valence-corrected chi connectivity index (χ0v) is 21.2. The first-order valence-corrected chi connectivity index (χ1v) is 13.2. The standard InChI is InChI=1S/C31H32O3.CH5N/c32-31-27-20-19-26(21-30(27)33-22-28(31)24-14-6-2-7-15-24)34-29(25-16-8-3-9-17-25)18-10-13-23-11-4-1-5-12-23;1-2/h1,3-5,8-9,11-12,16-17,19-22,24,29H,2,6-7,10,13-15,18H2;2H2,1H3. The molecule has 0 radical (unpaired) electrons. The van der Waals surface area contributed by atoms with E-state index in [1.54, 1.807) is 6.26 Å². The second kappa shape index (κ2) is 13.1. The Morgan fingerprint density at radius 3 is 2.33 bits per heavy atom. The summed E-state index contributed by atoms with van der Waals surface area (Å²) in [7, 11) is 1.50. The van der Waals surface area contributed by atoms with Gasteiger partial charge in [-0.15, -0.1) is 0 Å². The van der Waals surface area contributed by atoms with Gasteiger partial charge in [0.2, 0.25) is 0 Å². The zero-order valence-electron chi connectivity index (χ0n) is 21.2. The van der Waals surface area contributed by atoms with Crippen molar-refractivity contribution in [2.45, 2.75) is 63.4 Å². The van der Waals surface area contributed by atoms with Gasteiger partial charge in [-0.25, -0.2) is 0 Å². The maximum absolute atomic E-state index is 13.2. The number of fused-ring (bicyclic) bond motifs is 1. The van der Waals surface area contributed by atoms with E-state index >= 15 is 0 Å². The van der Waals surface area contributed by atoms with Crippen LogP contribution in [0.5, 0.6) is 5.75 Å². The van der Waals surface area contributed by atoms with Crippen molar-refractivity contribution in [3.8, 4) is 5.75 Å². The van der Waals surface area contributed by atoms with Crippen LogP contribution in [0, 0.1) is 0 Å². The third-order valence-corrected chi connectivity index (χ3v) is 7.04. The Kier molecular flexibility index (Phi) is 9.34. The summed E-state index contributed by atoms with van der Waals surface area (Å²) in [6.45, 7) is 0. The molecule has 1 atom stereocenters. The van der Waals surface area contributed by atoms with Crippen LogP contribution in [0.25, 0.3) is 11.0 Å². The predicted molar refractivity (Wildman–Crippen MR) is 148 cm³/mol. The molecule has 1 fully saturated rings. The van der Waals surface area contributed by atoms with Crippen molar-refractivity contribution in [2.24, 2.45) is 5.73 Å². The number of aryl methyl sites for hydroxylation is 1. The summed E-state index contributed by atoms with van der Waals surface area (Å²) >= 11 is 0. The predicted octanol–water partition coefficient (Wildman–Crippen LogP) is 7.56. The van der Waals surface area contributed by atoms with E-state index in [9.17, 15) is 4.79 Å². The van der Waals surface area contributed by atoms with E-state index in [1.165, 1.54) is 31.9 Å². The van der Waals surface area contributed by atoms with Crippen molar-refractivity contribution in [3.05, 3.63) is 112 Å². The quantitative estimate of drug-likeness (QED) is 0.281. The third kappa shape index (κ3) is 6.44. The van der Waals surface area contributed by atoms with Gasteiger partial charge in [0, 0.05) is 11.6 Å². The molecule has 0 spiro atoms. The van der Waals surface area contributed by atoms with Crippen LogP contribution in [0.2, 0.25) is 0 Å². The van der Waals surface area contributed by atoms with Gasteiger partial charge >= 0.3 is 0 Å². The molecule has 0 amide bonds. The largest absolute Gasteiger partial charge is 0.486 e. The molecule has 188 valence electrons. The average Bonchev–Trinajstić information content (AvgIpc) is 2.95. The number of ether oxygens (including phenoxy) is 1. The minimum absolute atomic E-state index is 0.0596. The fraction of sp³-hybridized carbons (Fsp3) is 0.344. The van der Waals surface area contributed by atoms with Gasteiger partial charge in [0.05, 0.1) is 11.6 Å². The monoisotopic (exact) mass is 483 g/mol. The normalized spacial score (nSPS) is 14.6. The Morgan fingerprint density at radius 1 is 0.917 bits per heavy atom. The third-order valence-electron chi connectivity index (χ3n) is 7.04. The lowest BCUT2D eigenvalue weighted by Crippen LogP contribution is -2.16. The first-order valence-electron chi connectivity index (χ1n) is 13.2. The Morgan fingerprint density at radius 2 is 1.61 bits per heavy atom. The molecule has 5 rings (SSSR count). The van der Waals surface area contributed by atoms with Crippen molar-refractivity contribution in [1.29, 1.82) is 0 Å². The molecule has 2 N–H and O–H groups in total. The zero-order chi connectivity index (χ0) is 25.2. The molecule has 0 aliphatic heterocycles. The van der Waals surface area contributed by atoms with E-state index in [2.05, 4.69) is 60.3 Å². The molecule has 1 heterocycles. The number of hydrogen-bond donors (Lipinski definition) is 1. The van der Waals surface area contributed by atoms with E-state index in [1.807, 2.05) is 24.3 Å². The SMILES string of the molecule is CN.O=c1c(C2CCCCC2)coc2cc(OC(CCCc3ccccc3)c3ccccc3)ccc12. The number of benzene rings is 3. The highest BCUT2D eigenvalue weighted by atomic mass is 16.5. The van der Waals surface area contributed by atoms with E-state index < -0.39 is 0 Å². The number of rotatable bonds is 8. The maximum atomic E-state index is 13.2. The van der Waals surface area contributed by atoms with Crippen LogP contribution in [0.1, 0.15) is 73.7 Å². The summed E-state index contributed by atoms with van der Waals surface area (Å²) in [5.74, 6) is 1.06. The Bertz CT molecular complexity index is 1260. The highest BCUT2D eigenvalue weighted by Crippen LogP contribution is 2.33. The summed E-state index contributed by atoms with van der Waals surface area (Å²) < 4.78 is 12.4. The second-order valence-electron chi connectivity index (χ2n) is 9.41.